The predicted octanol–water partition coefficient (Wildman–Crippen LogP) is 6.53. The van der Waals surface area contributed by atoms with Crippen molar-refractivity contribution in [3.05, 3.63) is 57.3 Å². The zero-order valence-corrected chi connectivity index (χ0v) is 17.6. The van der Waals surface area contributed by atoms with E-state index in [0.717, 1.165) is 12.1 Å². The van der Waals surface area contributed by atoms with E-state index in [1.165, 1.54) is 44.6 Å². The average Bonchev–Trinajstić information content (AvgIpc) is 2.95. The summed E-state index contributed by atoms with van der Waals surface area (Å²) in [6, 6.07) is 8.87. The van der Waals surface area contributed by atoms with Gasteiger partial charge in [-0.25, -0.2) is 4.39 Å². The van der Waals surface area contributed by atoms with Crippen molar-refractivity contribution < 1.29 is 13.9 Å². The molecule has 1 N–H and O–H groups in total. The Bertz CT molecular complexity index is 772. The summed E-state index contributed by atoms with van der Waals surface area (Å²) in [5.41, 5.74) is 1.32. The van der Waals surface area contributed by atoms with Gasteiger partial charge in [-0.05, 0) is 42.7 Å². The molecule has 2 aromatic rings. The van der Waals surface area contributed by atoms with Crippen molar-refractivity contribution in [2.24, 2.45) is 0 Å². The van der Waals surface area contributed by atoms with Gasteiger partial charge in [0.1, 0.15) is 12.4 Å². The molecular weight excluding hydrogens is 400 g/mol. The number of rotatable bonds is 7. The third-order valence-electron chi connectivity index (χ3n) is 5.16. The zero-order valence-electron chi connectivity index (χ0n) is 16.1. The Morgan fingerprint density at radius 1 is 1.07 bits per heavy atom. The highest BCUT2D eigenvalue weighted by Crippen LogP contribution is 2.37. The first kappa shape index (κ1) is 21.2. The standard InChI is InChI=1S/C22H26Cl2FNO2/c1-27-21-12-15(13-26-16-7-4-2-3-5-8-16)11-19(24)22(21)28-14-17-18(23)9-6-10-20(17)25/h6,9-12,16,26H,2-5,7-8,13-14H2,1H3. The normalized spacial score (nSPS) is 15.3. The van der Waals surface area contributed by atoms with Crippen molar-refractivity contribution >= 4 is 23.2 Å². The van der Waals surface area contributed by atoms with E-state index in [9.17, 15) is 4.39 Å². The van der Waals surface area contributed by atoms with Crippen molar-refractivity contribution in [1.82, 2.24) is 5.32 Å². The molecule has 28 heavy (non-hydrogen) atoms. The number of hydrogen-bond donors (Lipinski definition) is 1. The van der Waals surface area contributed by atoms with E-state index in [1.54, 1.807) is 19.2 Å². The van der Waals surface area contributed by atoms with E-state index >= 15 is 0 Å². The van der Waals surface area contributed by atoms with E-state index in [2.05, 4.69) is 5.32 Å². The Kier molecular flexibility index (Phi) is 7.83. The van der Waals surface area contributed by atoms with Gasteiger partial charge >= 0.3 is 0 Å². The van der Waals surface area contributed by atoms with Crippen LogP contribution in [-0.2, 0) is 13.2 Å². The number of benzene rings is 2. The average molecular weight is 426 g/mol. The molecule has 1 saturated carbocycles. The molecule has 0 bridgehead atoms. The van der Waals surface area contributed by atoms with E-state index in [0.29, 0.717) is 33.1 Å². The molecule has 0 radical (unpaired) electrons. The van der Waals surface area contributed by atoms with Crippen LogP contribution in [-0.4, -0.2) is 13.2 Å². The lowest BCUT2D eigenvalue weighted by molar-refractivity contribution is 0.279. The monoisotopic (exact) mass is 425 g/mol. The van der Waals surface area contributed by atoms with Crippen molar-refractivity contribution in [3.8, 4) is 11.5 Å². The van der Waals surface area contributed by atoms with Crippen LogP contribution in [0.4, 0.5) is 4.39 Å². The van der Waals surface area contributed by atoms with E-state index in [1.807, 2.05) is 12.1 Å². The van der Waals surface area contributed by atoms with Crippen LogP contribution in [0.15, 0.2) is 30.3 Å². The third kappa shape index (κ3) is 5.53. The molecule has 3 rings (SSSR count). The van der Waals surface area contributed by atoms with Gasteiger partial charge in [-0.1, -0.05) is 55.0 Å². The van der Waals surface area contributed by atoms with E-state index < -0.39 is 5.82 Å². The summed E-state index contributed by atoms with van der Waals surface area (Å²) in [7, 11) is 1.57. The summed E-state index contributed by atoms with van der Waals surface area (Å²) in [4.78, 5) is 0. The van der Waals surface area contributed by atoms with Crippen LogP contribution in [0.1, 0.15) is 49.7 Å². The lowest BCUT2D eigenvalue weighted by Crippen LogP contribution is -2.27. The molecule has 0 atom stereocenters. The summed E-state index contributed by atoms with van der Waals surface area (Å²) in [6.45, 7) is 0.696. The first-order valence-corrected chi connectivity index (χ1v) is 10.5. The number of ether oxygens (including phenoxy) is 2. The molecule has 1 fully saturated rings. The molecule has 0 heterocycles. The minimum Gasteiger partial charge on any atom is -0.493 e. The molecule has 0 saturated heterocycles. The summed E-state index contributed by atoms with van der Waals surface area (Å²) in [5.74, 6) is 0.506. The van der Waals surface area contributed by atoms with E-state index in [4.69, 9.17) is 32.7 Å². The lowest BCUT2D eigenvalue weighted by atomic mass is 10.1. The molecule has 1 aliphatic carbocycles. The Labute approximate surface area is 176 Å². The molecule has 2 aromatic carbocycles. The van der Waals surface area contributed by atoms with Gasteiger partial charge in [0.05, 0.1) is 17.2 Å². The van der Waals surface area contributed by atoms with Crippen LogP contribution >= 0.6 is 23.2 Å². The fraction of sp³-hybridized carbons (Fsp3) is 0.455. The molecule has 0 amide bonds. The largest absolute Gasteiger partial charge is 0.493 e. The second-order valence-electron chi connectivity index (χ2n) is 7.17. The number of hydrogen-bond acceptors (Lipinski definition) is 3. The highest BCUT2D eigenvalue weighted by atomic mass is 35.5. The Hall–Kier alpha value is -1.49. The minimum absolute atomic E-state index is 0.0265. The first-order valence-electron chi connectivity index (χ1n) is 9.74. The first-order chi connectivity index (χ1) is 13.6. The fourth-order valence-electron chi connectivity index (χ4n) is 3.58. The molecule has 0 aromatic heterocycles. The van der Waals surface area contributed by atoms with Gasteiger partial charge in [-0.2, -0.15) is 0 Å². The summed E-state index contributed by atoms with van der Waals surface area (Å²) in [5, 5.41) is 4.38. The van der Waals surface area contributed by atoms with Crippen molar-refractivity contribution in [3.63, 3.8) is 0 Å². The summed E-state index contributed by atoms with van der Waals surface area (Å²) in [6.07, 6.45) is 7.66. The molecule has 3 nitrogen and oxygen atoms in total. The van der Waals surface area contributed by atoms with Gasteiger partial charge in [-0.15, -0.1) is 0 Å². The topological polar surface area (TPSA) is 30.5 Å². The van der Waals surface area contributed by atoms with Crippen LogP contribution in [0.5, 0.6) is 11.5 Å². The van der Waals surface area contributed by atoms with Gasteiger partial charge in [0.25, 0.3) is 0 Å². The lowest BCUT2D eigenvalue weighted by Gasteiger charge is -2.18. The summed E-state index contributed by atoms with van der Waals surface area (Å²) < 4.78 is 25.2. The molecule has 6 heteroatoms. The predicted molar refractivity (Wildman–Crippen MR) is 112 cm³/mol. The van der Waals surface area contributed by atoms with Crippen molar-refractivity contribution in [2.45, 2.75) is 57.7 Å². The van der Waals surface area contributed by atoms with Crippen molar-refractivity contribution in [2.75, 3.05) is 7.11 Å². The van der Waals surface area contributed by atoms with Crippen LogP contribution in [0.25, 0.3) is 0 Å². The molecule has 0 spiro atoms. The van der Waals surface area contributed by atoms with Gasteiger partial charge in [0.15, 0.2) is 11.5 Å². The number of nitrogens with one attached hydrogen (secondary N) is 1. The molecule has 0 aliphatic heterocycles. The molecule has 1 aliphatic rings. The highest BCUT2D eigenvalue weighted by molar-refractivity contribution is 6.32. The number of methoxy groups -OCH3 is 1. The third-order valence-corrected chi connectivity index (χ3v) is 5.80. The van der Waals surface area contributed by atoms with Gasteiger partial charge in [0.2, 0.25) is 0 Å². The fourth-order valence-corrected chi connectivity index (χ4v) is 4.08. The number of halogens is 3. The maximum absolute atomic E-state index is 14.0. The molecule has 0 unspecified atom stereocenters. The summed E-state index contributed by atoms with van der Waals surface area (Å²) >= 11 is 12.5. The van der Waals surface area contributed by atoms with Gasteiger partial charge in [-0.3, -0.25) is 0 Å². The van der Waals surface area contributed by atoms with Crippen LogP contribution in [0.2, 0.25) is 10.0 Å². The molecular formula is C22H26Cl2FNO2. The zero-order chi connectivity index (χ0) is 19.9. The van der Waals surface area contributed by atoms with Gasteiger partial charge in [0, 0.05) is 18.2 Å². The van der Waals surface area contributed by atoms with Crippen LogP contribution in [0, 0.1) is 5.82 Å². The maximum Gasteiger partial charge on any atom is 0.180 e. The SMILES string of the molecule is COc1cc(CNC2CCCCCC2)cc(Cl)c1OCc1c(F)cccc1Cl. The Morgan fingerprint density at radius 3 is 2.50 bits per heavy atom. The Morgan fingerprint density at radius 2 is 1.82 bits per heavy atom. The van der Waals surface area contributed by atoms with Gasteiger partial charge < -0.3 is 14.8 Å². The minimum atomic E-state index is -0.410. The molecule has 152 valence electrons. The van der Waals surface area contributed by atoms with Crippen LogP contribution < -0.4 is 14.8 Å². The van der Waals surface area contributed by atoms with Crippen molar-refractivity contribution in [1.29, 1.82) is 0 Å². The quantitative estimate of drug-likeness (QED) is 0.511. The second kappa shape index (κ2) is 10.3. The second-order valence-corrected chi connectivity index (χ2v) is 7.98. The Balaban J connectivity index is 1.68. The van der Waals surface area contributed by atoms with Crippen LogP contribution in [0.3, 0.4) is 0 Å². The van der Waals surface area contributed by atoms with E-state index in [-0.39, 0.29) is 6.61 Å². The highest BCUT2D eigenvalue weighted by Gasteiger charge is 2.16. The maximum atomic E-state index is 14.0. The smallest absolute Gasteiger partial charge is 0.180 e.